The maximum atomic E-state index is 12.9. The molecule has 0 amide bonds. The number of ether oxygens (including phenoxy) is 2. The van der Waals surface area contributed by atoms with Gasteiger partial charge < -0.3 is 13.9 Å². The Bertz CT molecular complexity index is 1530. The Morgan fingerprint density at radius 2 is 1.77 bits per heavy atom. The average molecular weight is 494 g/mol. The monoisotopic (exact) mass is 493 g/mol. The van der Waals surface area contributed by atoms with Crippen molar-refractivity contribution in [1.82, 2.24) is 4.72 Å². The molecule has 0 saturated carbocycles. The lowest BCUT2D eigenvalue weighted by Crippen LogP contribution is -2.27. The van der Waals surface area contributed by atoms with Crippen LogP contribution in [0.25, 0.3) is 11.0 Å². The molecule has 3 aromatic carbocycles. The first-order valence-corrected chi connectivity index (χ1v) is 12.2. The highest BCUT2D eigenvalue weighted by molar-refractivity contribution is 7.89. The molecule has 1 atom stereocenters. The van der Waals surface area contributed by atoms with Gasteiger partial charge in [0.15, 0.2) is 0 Å². The highest BCUT2D eigenvalue weighted by Gasteiger charge is 2.20. The molecule has 4 rings (SSSR count). The molecule has 180 valence electrons. The first kappa shape index (κ1) is 24.2. The van der Waals surface area contributed by atoms with E-state index in [0.717, 1.165) is 5.56 Å². The van der Waals surface area contributed by atoms with E-state index < -0.39 is 27.7 Å². The van der Waals surface area contributed by atoms with E-state index in [0.29, 0.717) is 22.3 Å². The fraction of sp³-hybridized carbons (Fsp3) is 0.154. The van der Waals surface area contributed by atoms with E-state index in [-0.39, 0.29) is 17.1 Å². The smallest absolute Gasteiger partial charge is 0.338 e. The minimum absolute atomic E-state index is 0.0624. The molecule has 1 N–H and O–H groups in total. The largest absolute Gasteiger partial charge is 0.497 e. The van der Waals surface area contributed by atoms with E-state index in [4.69, 9.17) is 13.9 Å². The first-order chi connectivity index (χ1) is 16.8. The molecule has 0 unspecified atom stereocenters. The van der Waals surface area contributed by atoms with Crippen molar-refractivity contribution < 1.29 is 27.1 Å². The lowest BCUT2D eigenvalue weighted by molar-refractivity contribution is 0.0473. The molecule has 8 nitrogen and oxygen atoms in total. The number of nitrogens with one attached hydrogen (secondary N) is 1. The van der Waals surface area contributed by atoms with Gasteiger partial charge in [-0.3, -0.25) is 0 Å². The van der Waals surface area contributed by atoms with Crippen LogP contribution in [0.1, 0.15) is 34.5 Å². The van der Waals surface area contributed by atoms with Crippen molar-refractivity contribution in [2.45, 2.75) is 24.5 Å². The Hall–Kier alpha value is -3.95. The molecule has 1 heterocycles. The molecule has 0 saturated heterocycles. The summed E-state index contributed by atoms with van der Waals surface area (Å²) in [7, 11) is -2.40. The normalized spacial score (nSPS) is 12.3. The van der Waals surface area contributed by atoms with Gasteiger partial charge in [-0.05, 0) is 42.8 Å². The summed E-state index contributed by atoms with van der Waals surface area (Å²) in [6, 6.07) is 20.5. The average Bonchev–Trinajstić information content (AvgIpc) is 2.86. The summed E-state index contributed by atoms with van der Waals surface area (Å²) in [6.45, 7) is 1.54. The van der Waals surface area contributed by atoms with Crippen LogP contribution in [0.3, 0.4) is 0 Å². The molecule has 0 aliphatic heterocycles. The highest BCUT2D eigenvalue weighted by Crippen LogP contribution is 2.24. The Morgan fingerprint density at radius 3 is 2.51 bits per heavy atom. The van der Waals surface area contributed by atoms with Crippen LogP contribution in [0.5, 0.6) is 5.75 Å². The van der Waals surface area contributed by atoms with Gasteiger partial charge in [0.2, 0.25) is 10.0 Å². The van der Waals surface area contributed by atoms with Crippen LogP contribution in [0.4, 0.5) is 0 Å². The van der Waals surface area contributed by atoms with Crippen molar-refractivity contribution in [2.24, 2.45) is 0 Å². The number of fused-ring (bicyclic) bond motifs is 1. The van der Waals surface area contributed by atoms with Crippen LogP contribution < -0.4 is 15.1 Å². The molecule has 0 radical (unpaired) electrons. The van der Waals surface area contributed by atoms with Crippen LogP contribution in [0.2, 0.25) is 0 Å². The second-order valence-electron chi connectivity index (χ2n) is 7.81. The van der Waals surface area contributed by atoms with Crippen LogP contribution in [0, 0.1) is 0 Å². The number of carbonyl (C=O) groups excluding carboxylic acids is 1. The Morgan fingerprint density at radius 1 is 1.00 bits per heavy atom. The molecule has 0 bridgehead atoms. The third kappa shape index (κ3) is 5.59. The van der Waals surface area contributed by atoms with E-state index in [2.05, 4.69) is 4.72 Å². The molecule has 0 fully saturated rings. The second kappa shape index (κ2) is 10.1. The summed E-state index contributed by atoms with van der Waals surface area (Å²) in [5.74, 6) is -0.212. The molecule has 0 aliphatic rings. The van der Waals surface area contributed by atoms with Gasteiger partial charge in [-0.2, -0.15) is 0 Å². The fourth-order valence-electron chi connectivity index (χ4n) is 3.58. The number of carbonyl (C=O) groups is 1. The molecular weight excluding hydrogens is 470 g/mol. The molecule has 4 aromatic rings. The van der Waals surface area contributed by atoms with Crippen LogP contribution >= 0.6 is 0 Å². The summed E-state index contributed by atoms with van der Waals surface area (Å²) >= 11 is 0. The minimum Gasteiger partial charge on any atom is -0.497 e. The van der Waals surface area contributed by atoms with Gasteiger partial charge in [0.25, 0.3) is 0 Å². The fourth-order valence-corrected chi connectivity index (χ4v) is 4.86. The zero-order valence-corrected chi connectivity index (χ0v) is 19.9. The molecule has 1 aromatic heterocycles. The van der Waals surface area contributed by atoms with E-state index in [1.165, 1.54) is 37.4 Å². The predicted octanol–water partition coefficient (Wildman–Crippen LogP) is 4.20. The van der Waals surface area contributed by atoms with Crippen LogP contribution in [0.15, 0.2) is 93.0 Å². The Labute approximate surface area is 202 Å². The van der Waals surface area contributed by atoms with Crippen LogP contribution in [-0.2, 0) is 21.4 Å². The zero-order chi connectivity index (χ0) is 25.0. The standard InChI is InChI=1S/C26H23NO7S/c1-17(18-7-4-3-5-8-18)27-35(30,31)22-10-6-9-19(13-22)26(29)33-16-20-14-25(28)34-24-15-21(32-2)11-12-23(20)24/h3-15,17,27H,16H2,1-2H3/t17-/m0/s1. The van der Waals surface area contributed by atoms with Gasteiger partial charge in [-0.25, -0.2) is 22.7 Å². The summed E-state index contributed by atoms with van der Waals surface area (Å²) in [5, 5.41) is 0.591. The maximum absolute atomic E-state index is 12.9. The first-order valence-electron chi connectivity index (χ1n) is 10.7. The minimum atomic E-state index is -3.90. The van der Waals surface area contributed by atoms with E-state index in [9.17, 15) is 18.0 Å². The van der Waals surface area contributed by atoms with E-state index >= 15 is 0 Å². The van der Waals surface area contributed by atoms with Gasteiger partial charge in [0.05, 0.1) is 17.6 Å². The van der Waals surface area contributed by atoms with E-state index in [1.807, 2.05) is 30.3 Å². The number of esters is 1. The second-order valence-corrected chi connectivity index (χ2v) is 9.52. The van der Waals surface area contributed by atoms with Crippen molar-refractivity contribution in [3.8, 4) is 5.75 Å². The van der Waals surface area contributed by atoms with Crippen LogP contribution in [-0.4, -0.2) is 21.5 Å². The van der Waals surface area contributed by atoms with Gasteiger partial charge in [-0.1, -0.05) is 36.4 Å². The number of hydrogen-bond donors (Lipinski definition) is 1. The Balaban J connectivity index is 1.51. The summed E-state index contributed by atoms with van der Waals surface area (Å²) in [4.78, 5) is 24.6. The van der Waals surface area contributed by atoms with Crippen molar-refractivity contribution >= 4 is 27.0 Å². The molecule has 9 heteroatoms. The molecule has 0 spiro atoms. The summed E-state index contributed by atoms with van der Waals surface area (Å²) < 4.78 is 44.1. The maximum Gasteiger partial charge on any atom is 0.338 e. The Kier molecular flexibility index (Phi) is 6.99. The quantitative estimate of drug-likeness (QED) is 0.289. The van der Waals surface area contributed by atoms with Gasteiger partial charge in [-0.15, -0.1) is 0 Å². The number of benzene rings is 3. The summed E-state index contributed by atoms with van der Waals surface area (Å²) in [5.41, 5.74) is 1.03. The van der Waals surface area contributed by atoms with Gasteiger partial charge in [0.1, 0.15) is 17.9 Å². The third-order valence-electron chi connectivity index (χ3n) is 5.41. The zero-order valence-electron chi connectivity index (χ0n) is 19.1. The lowest BCUT2D eigenvalue weighted by atomic mass is 10.1. The highest BCUT2D eigenvalue weighted by atomic mass is 32.2. The van der Waals surface area contributed by atoms with E-state index in [1.54, 1.807) is 25.1 Å². The molecule has 35 heavy (non-hydrogen) atoms. The van der Waals surface area contributed by atoms with Crippen molar-refractivity contribution in [3.63, 3.8) is 0 Å². The van der Waals surface area contributed by atoms with Crippen molar-refractivity contribution in [3.05, 3.63) is 106 Å². The molecular formula is C26H23NO7S. The van der Waals surface area contributed by atoms with Gasteiger partial charge in [0, 0.05) is 29.1 Å². The summed E-state index contributed by atoms with van der Waals surface area (Å²) in [6.07, 6.45) is 0. The molecule has 0 aliphatic carbocycles. The van der Waals surface area contributed by atoms with Crippen molar-refractivity contribution in [2.75, 3.05) is 7.11 Å². The number of hydrogen-bond acceptors (Lipinski definition) is 7. The number of rotatable bonds is 8. The number of sulfonamides is 1. The predicted molar refractivity (Wildman–Crippen MR) is 130 cm³/mol. The lowest BCUT2D eigenvalue weighted by Gasteiger charge is -2.15. The topological polar surface area (TPSA) is 112 Å². The SMILES string of the molecule is COc1ccc2c(COC(=O)c3cccc(S(=O)(=O)N[C@@H](C)c4ccccc4)c3)cc(=O)oc2c1. The number of methoxy groups -OCH3 is 1. The van der Waals surface area contributed by atoms with Gasteiger partial charge >= 0.3 is 11.6 Å². The van der Waals surface area contributed by atoms with Crippen molar-refractivity contribution in [1.29, 1.82) is 0 Å². The third-order valence-corrected chi connectivity index (χ3v) is 6.95.